The highest BCUT2D eigenvalue weighted by molar-refractivity contribution is 9.10. The van der Waals surface area contributed by atoms with Crippen LogP contribution in [0, 0.1) is 6.92 Å². The van der Waals surface area contributed by atoms with Gasteiger partial charge in [0.15, 0.2) is 0 Å². The Morgan fingerprint density at radius 1 is 1.35 bits per heavy atom. The van der Waals surface area contributed by atoms with Crippen LogP contribution < -0.4 is 11.0 Å². The molecule has 0 radical (unpaired) electrons. The summed E-state index contributed by atoms with van der Waals surface area (Å²) in [4.78, 5) is 16.8. The third kappa shape index (κ3) is 2.36. The van der Waals surface area contributed by atoms with E-state index in [1.165, 1.54) is 0 Å². The third-order valence-corrected chi connectivity index (χ3v) is 3.84. The average Bonchev–Trinajstić information content (AvgIpc) is 2.87. The number of nitrogens with zero attached hydrogens (tertiary/aromatic N) is 2. The van der Waals surface area contributed by atoms with Gasteiger partial charge in [0.25, 0.3) is 0 Å². The molecule has 0 atom stereocenters. The van der Waals surface area contributed by atoms with Crippen molar-refractivity contribution in [1.29, 1.82) is 0 Å². The number of imidazole rings is 1. The number of aromatic nitrogens is 4. The van der Waals surface area contributed by atoms with Crippen molar-refractivity contribution in [2.24, 2.45) is 7.05 Å². The standard InChI is InChI=1S/C13H14BrN5O/c1-7-8(6-19(2)18-7)5-15-10-4-12-11(3-9(10)14)16-13(20)17-12/h3-4,6,15H,5H2,1-2H3,(H2,16,17,20). The Balaban J connectivity index is 1.88. The summed E-state index contributed by atoms with van der Waals surface area (Å²) < 4.78 is 2.70. The van der Waals surface area contributed by atoms with Gasteiger partial charge >= 0.3 is 5.69 Å². The van der Waals surface area contributed by atoms with Crippen LogP contribution in [0.4, 0.5) is 5.69 Å². The molecule has 0 aliphatic carbocycles. The lowest BCUT2D eigenvalue weighted by Crippen LogP contribution is -2.00. The van der Waals surface area contributed by atoms with E-state index in [-0.39, 0.29) is 5.69 Å². The van der Waals surface area contributed by atoms with Crippen molar-refractivity contribution in [3.05, 3.63) is 44.5 Å². The number of hydrogen-bond acceptors (Lipinski definition) is 3. The van der Waals surface area contributed by atoms with Gasteiger partial charge in [0, 0.05) is 29.8 Å². The van der Waals surface area contributed by atoms with Crippen LogP contribution in [0.1, 0.15) is 11.3 Å². The fourth-order valence-electron chi connectivity index (χ4n) is 2.20. The molecule has 0 saturated heterocycles. The molecule has 3 aromatic rings. The number of nitrogens with one attached hydrogen (secondary N) is 3. The van der Waals surface area contributed by atoms with Crippen molar-refractivity contribution in [2.75, 3.05) is 5.32 Å². The predicted molar refractivity (Wildman–Crippen MR) is 81.9 cm³/mol. The highest BCUT2D eigenvalue weighted by atomic mass is 79.9. The van der Waals surface area contributed by atoms with Crippen LogP contribution in [-0.2, 0) is 13.6 Å². The van der Waals surface area contributed by atoms with E-state index in [9.17, 15) is 4.79 Å². The molecular formula is C13H14BrN5O. The first-order chi connectivity index (χ1) is 9.52. The fourth-order valence-corrected chi connectivity index (χ4v) is 2.69. The number of aromatic amines is 2. The SMILES string of the molecule is Cc1nn(C)cc1CNc1cc2[nH]c(=O)[nH]c2cc1Br. The number of hydrogen-bond donors (Lipinski definition) is 3. The number of H-pyrrole nitrogens is 2. The van der Waals surface area contributed by atoms with Crippen LogP contribution >= 0.6 is 15.9 Å². The van der Waals surface area contributed by atoms with Gasteiger partial charge in [-0.25, -0.2) is 4.79 Å². The van der Waals surface area contributed by atoms with Crippen LogP contribution in [0.5, 0.6) is 0 Å². The van der Waals surface area contributed by atoms with Crippen LogP contribution in [0.15, 0.2) is 27.6 Å². The molecule has 7 heteroatoms. The quantitative estimate of drug-likeness (QED) is 0.687. The molecule has 0 amide bonds. The maximum Gasteiger partial charge on any atom is 0.323 e. The first kappa shape index (κ1) is 13.0. The second-order valence-corrected chi connectivity index (χ2v) is 5.58. The summed E-state index contributed by atoms with van der Waals surface area (Å²) in [5.41, 5.74) is 4.44. The summed E-state index contributed by atoms with van der Waals surface area (Å²) in [6, 6.07) is 3.79. The lowest BCUT2D eigenvalue weighted by atomic mass is 10.2. The van der Waals surface area contributed by atoms with Crippen LogP contribution in [0.2, 0.25) is 0 Å². The van der Waals surface area contributed by atoms with Gasteiger partial charge < -0.3 is 15.3 Å². The van der Waals surface area contributed by atoms with Gasteiger partial charge in [-0.05, 0) is 35.0 Å². The molecule has 2 heterocycles. The Labute approximate surface area is 123 Å². The number of halogens is 1. The predicted octanol–water partition coefficient (Wildman–Crippen LogP) is 2.27. The molecule has 0 spiro atoms. The normalized spacial score (nSPS) is 11.2. The highest BCUT2D eigenvalue weighted by Gasteiger charge is 2.07. The molecule has 0 bridgehead atoms. The molecule has 0 aliphatic rings. The highest BCUT2D eigenvalue weighted by Crippen LogP contribution is 2.27. The molecule has 0 saturated carbocycles. The fraction of sp³-hybridized carbons (Fsp3) is 0.231. The molecule has 2 aromatic heterocycles. The van der Waals surface area contributed by atoms with Crippen molar-refractivity contribution >= 4 is 32.7 Å². The van der Waals surface area contributed by atoms with Crippen molar-refractivity contribution in [1.82, 2.24) is 19.7 Å². The Kier molecular flexibility index (Phi) is 3.13. The lowest BCUT2D eigenvalue weighted by molar-refractivity contribution is 0.756. The van der Waals surface area contributed by atoms with E-state index in [1.54, 1.807) is 4.68 Å². The molecule has 104 valence electrons. The zero-order chi connectivity index (χ0) is 14.3. The molecule has 3 rings (SSSR count). The van der Waals surface area contributed by atoms with E-state index in [2.05, 4.69) is 36.3 Å². The first-order valence-corrected chi connectivity index (χ1v) is 6.97. The Morgan fingerprint density at radius 2 is 2.05 bits per heavy atom. The van der Waals surface area contributed by atoms with E-state index in [4.69, 9.17) is 0 Å². The monoisotopic (exact) mass is 335 g/mol. The van der Waals surface area contributed by atoms with Crippen LogP contribution in [0.3, 0.4) is 0 Å². The van der Waals surface area contributed by atoms with E-state index >= 15 is 0 Å². The Morgan fingerprint density at radius 3 is 2.70 bits per heavy atom. The number of benzene rings is 1. The van der Waals surface area contributed by atoms with Gasteiger partial charge in [-0.15, -0.1) is 0 Å². The largest absolute Gasteiger partial charge is 0.380 e. The summed E-state index contributed by atoms with van der Waals surface area (Å²) in [5, 5.41) is 7.66. The first-order valence-electron chi connectivity index (χ1n) is 6.17. The van der Waals surface area contributed by atoms with Crippen molar-refractivity contribution in [3.63, 3.8) is 0 Å². The smallest absolute Gasteiger partial charge is 0.323 e. The van der Waals surface area contributed by atoms with E-state index in [1.807, 2.05) is 32.3 Å². The molecular weight excluding hydrogens is 322 g/mol. The minimum atomic E-state index is -0.202. The molecule has 6 nitrogen and oxygen atoms in total. The van der Waals surface area contributed by atoms with Gasteiger partial charge in [0.05, 0.1) is 22.4 Å². The zero-order valence-corrected chi connectivity index (χ0v) is 12.7. The van der Waals surface area contributed by atoms with E-state index < -0.39 is 0 Å². The maximum absolute atomic E-state index is 11.3. The van der Waals surface area contributed by atoms with Crippen LogP contribution in [0.25, 0.3) is 11.0 Å². The van der Waals surface area contributed by atoms with Crippen molar-refractivity contribution in [2.45, 2.75) is 13.5 Å². The number of rotatable bonds is 3. The van der Waals surface area contributed by atoms with Gasteiger partial charge in [-0.3, -0.25) is 4.68 Å². The summed E-state index contributed by atoms with van der Waals surface area (Å²) in [6.07, 6.45) is 1.99. The average molecular weight is 336 g/mol. The van der Waals surface area contributed by atoms with Gasteiger partial charge in [0.1, 0.15) is 0 Å². The summed E-state index contributed by atoms with van der Waals surface area (Å²) in [6.45, 7) is 2.66. The Hall–Kier alpha value is -2.02. The zero-order valence-electron chi connectivity index (χ0n) is 11.1. The van der Waals surface area contributed by atoms with Crippen molar-refractivity contribution in [3.8, 4) is 0 Å². The third-order valence-electron chi connectivity index (χ3n) is 3.19. The minimum absolute atomic E-state index is 0.202. The summed E-state index contributed by atoms with van der Waals surface area (Å²) >= 11 is 3.50. The summed E-state index contributed by atoms with van der Waals surface area (Å²) in [7, 11) is 1.91. The van der Waals surface area contributed by atoms with Gasteiger partial charge in [0.2, 0.25) is 0 Å². The second kappa shape index (κ2) is 4.82. The Bertz CT molecular complexity index is 829. The van der Waals surface area contributed by atoms with Crippen molar-refractivity contribution < 1.29 is 0 Å². The molecule has 0 fully saturated rings. The van der Waals surface area contributed by atoms with Gasteiger partial charge in [-0.1, -0.05) is 0 Å². The molecule has 0 aliphatic heterocycles. The maximum atomic E-state index is 11.3. The minimum Gasteiger partial charge on any atom is -0.380 e. The molecule has 20 heavy (non-hydrogen) atoms. The second-order valence-electron chi connectivity index (χ2n) is 4.72. The molecule has 1 aromatic carbocycles. The number of aryl methyl sites for hydroxylation is 2. The number of anilines is 1. The van der Waals surface area contributed by atoms with Gasteiger partial charge in [-0.2, -0.15) is 5.10 Å². The molecule has 3 N–H and O–H groups in total. The van der Waals surface area contributed by atoms with E-state index in [0.29, 0.717) is 6.54 Å². The van der Waals surface area contributed by atoms with E-state index in [0.717, 1.165) is 32.5 Å². The number of fused-ring (bicyclic) bond motifs is 1. The topological polar surface area (TPSA) is 78.5 Å². The lowest BCUT2D eigenvalue weighted by Gasteiger charge is -2.08. The van der Waals surface area contributed by atoms with Crippen LogP contribution in [-0.4, -0.2) is 19.7 Å². The molecule has 0 unspecified atom stereocenters. The summed E-state index contributed by atoms with van der Waals surface area (Å²) in [5.74, 6) is 0.